The molecule has 0 rings (SSSR count). The third-order valence-corrected chi connectivity index (χ3v) is 1.53. The zero-order valence-electron chi connectivity index (χ0n) is 7.45. The van der Waals surface area contributed by atoms with Crippen LogP contribution < -0.4 is 5.73 Å². The van der Waals surface area contributed by atoms with Crippen LogP contribution in [0.15, 0.2) is 0 Å². The fraction of sp³-hybridized carbons (Fsp3) is 0.800. The molecule has 0 unspecified atom stereocenters. The summed E-state index contributed by atoms with van der Waals surface area (Å²) in [4.78, 5) is 0. The van der Waals surface area contributed by atoms with Crippen molar-refractivity contribution in [1.29, 1.82) is 0 Å². The van der Waals surface area contributed by atoms with E-state index in [0.29, 0.717) is 6.54 Å². The molecule has 1 radical (unpaired) electrons. The molecule has 0 aromatic carbocycles. The monoisotopic (exact) mass is 152 g/mol. The lowest BCUT2D eigenvalue weighted by molar-refractivity contribution is 0.679. The predicted octanol–water partition coefficient (Wildman–Crippen LogP) is 2.63. The van der Waals surface area contributed by atoms with E-state index in [-0.39, 0.29) is 0 Å². The van der Waals surface area contributed by atoms with Crippen molar-refractivity contribution in [1.82, 2.24) is 5.73 Å². The zero-order valence-corrected chi connectivity index (χ0v) is 7.45. The summed E-state index contributed by atoms with van der Waals surface area (Å²) < 4.78 is 0. The van der Waals surface area contributed by atoms with Crippen LogP contribution in [-0.2, 0) is 0 Å². The summed E-state index contributed by atoms with van der Waals surface area (Å²) in [6.45, 7) is 2.66. The zero-order chi connectivity index (χ0) is 8.36. The van der Waals surface area contributed by atoms with Gasteiger partial charge in [0, 0.05) is 19.4 Å². The SMILES string of the molecule is CCCCCCC#CCC[NH]. The van der Waals surface area contributed by atoms with Gasteiger partial charge in [-0.1, -0.05) is 26.2 Å². The third-order valence-electron chi connectivity index (χ3n) is 1.53. The maximum atomic E-state index is 6.85. The smallest absolute Gasteiger partial charge is 0.0228 e. The Kier molecular flexibility index (Phi) is 9.10. The molecule has 0 saturated heterocycles. The minimum absolute atomic E-state index is 0.446. The second kappa shape index (κ2) is 9.52. The lowest BCUT2D eigenvalue weighted by Gasteiger charge is -1.91. The Morgan fingerprint density at radius 1 is 1.00 bits per heavy atom. The van der Waals surface area contributed by atoms with Crippen molar-refractivity contribution in [3.8, 4) is 11.8 Å². The summed E-state index contributed by atoms with van der Waals surface area (Å²) in [5.74, 6) is 6.05. The fourth-order valence-corrected chi connectivity index (χ4v) is 0.879. The van der Waals surface area contributed by atoms with Crippen LogP contribution in [0.25, 0.3) is 0 Å². The highest BCUT2D eigenvalue weighted by molar-refractivity contribution is 4.98. The van der Waals surface area contributed by atoms with Gasteiger partial charge in [0.15, 0.2) is 0 Å². The first-order chi connectivity index (χ1) is 5.41. The summed E-state index contributed by atoms with van der Waals surface area (Å²) >= 11 is 0. The second-order valence-corrected chi connectivity index (χ2v) is 2.66. The van der Waals surface area contributed by atoms with E-state index in [1.807, 2.05) is 0 Å². The van der Waals surface area contributed by atoms with Gasteiger partial charge in [-0.3, -0.25) is 5.73 Å². The second-order valence-electron chi connectivity index (χ2n) is 2.66. The van der Waals surface area contributed by atoms with Gasteiger partial charge in [0.1, 0.15) is 0 Å². The molecule has 0 amide bonds. The summed E-state index contributed by atoms with van der Waals surface area (Å²) in [7, 11) is 0. The molecule has 0 aromatic heterocycles. The normalized spacial score (nSPS) is 8.91. The Morgan fingerprint density at radius 3 is 2.36 bits per heavy atom. The van der Waals surface area contributed by atoms with Crippen molar-refractivity contribution < 1.29 is 0 Å². The van der Waals surface area contributed by atoms with Gasteiger partial charge in [-0.05, 0) is 6.42 Å². The number of unbranched alkanes of at least 4 members (excludes halogenated alkanes) is 4. The van der Waals surface area contributed by atoms with Crippen molar-refractivity contribution in [3.63, 3.8) is 0 Å². The van der Waals surface area contributed by atoms with E-state index < -0.39 is 0 Å². The van der Waals surface area contributed by atoms with Crippen LogP contribution in [0.5, 0.6) is 0 Å². The molecule has 0 aliphatic carbocycles. The average molecular weight is 152 g/mol. The Bertz CT molecular complexity index is 119. The first-order valence-electron chi connectivity index (χ1n) is 4.52. The van der Waals surface area contributed by atoms with Crippen LogP contribution in [0.2, 0.25) is 0 Å². The van der Waals surface area contributed by atoms with Crippen LogP contribution in [-0.4, -0.2) is 6.54 Å². The quantitative estimate of drug-likeness (QED) is 0.427. The summed E-state index contributed by atoms with van der Waals surface area (Å²) in [5, 5.41) is 0. The van der Waals surface area contributed by atoms with E-state index in [9.17, 15) is 0 Å². The minimum atomic E-state index is 0.446. The van der Waals surface area contributed by atoms with E-state index in [2.05, 4.69) is 18.8 Å². The van der Waals surface area contributed by atoms with Crippen LogP contribution in [0, 0.1) is 11.8 Å². The molecular formula is C10H18N. The number of rotatable bonds is 5. The van der Waals surface area contributed by atoms with Crippen LogP contribution in [0.4, 0.5) is 0 Å². The molecule has 0 atom stereocenters. The van der Waals surface area contributed by atoms with Crippen molar-refractivity contribution in [2.75, 3.05) is 6.54 Å². The Morgan fingerprint density at radius 2 is 1.73 bits per heavy atom. The van der Waals surface area contributed by atoms with Gasteiger partial charge < -0.3 is 0 Å². The van der Waals surface area contributed by atoms with Gasteiger partial charge in [-0.15, -0.1) is 11.8 Å². The molecule has 0 spiro atoms. The van der Waals surface area contributed by atoms with E-state index >= 15 is 0 Å². The van der Waals surface area contributed by atoms with E-state index in [4.69, 9.17) is 5.73 Å². The van der Waals surface area contributed by atoms with Gasteiger partial charge in [-0.2, -0.15) is 0 Å². The molecule has 0 aromatic rings. The molecule has 0 fully saturated rings. The van der Waals surface area contributed by atoms with Crippen molar-refractivity contribution in [3.05, 3.63) is 0 Å². The van der Waals surface area contributed by atoms with Crippen LogP contribution in [0.3, 0.4) is 0 Å². The molecule has 1 N–H and O–H groups in total. The lowest BCUT2D eigenvalue weighted by atomic mass is 10.1. The third kappa shape index (κ3) is 9.52. The fourth-order valence-electron chi connectivity index (χ4n) is 0.879. The largest absolute Gasteiger partial charge is 0.257 e. The van der Waals surface area contributed by atoms with Crippen molar-refractivity contribution in [2.24, 2.45) is 0 Å². The Hall–Kier alpha value is -0.480. The highest BCUT2D eigenvalue weighted by atomic mass is 14.5. The van der Waals surface area contributed by atoms with Gasteiger partial charge in [-0.25, -0.2) is 0 Å². The number of hydrogen-bond donors (Lipinski definition) is 0. The van der Waals surface area contributed by atoms with E-state index in [1.165, 1.54) is 25.7 Å². The molecular weight excluding hydrogens is 134 g/mol. The van der Waals surface area contributed by atoms with Gasteiger partial charge in [0.2, 0.25) is 0 Å². The molecule has 0 aliphatic rings. The molecule has 63 valence electrons. The maximum Gasteiger partial charge on any atom is 0.0228 e. The van der Waals surface area contributed by atoms with Crippen LogP contribution >= 0.6 is 0 Å². The highest BCUT2D eigenvalue weighted by Crippen LogP contribution is 2.00. The first-order valence-corrected chi connectivity index (χ1v) is 4.52. The predicted molar refractivity (Wildman–Crippen MR) is 49.1 cm³/mol. The maximum absolute atomic E-state index is 6.85. The van der Waals surface area contributed by atoms with E-state index in [1.54, 1.807) is 0 Å². The molecule has 0 aliphatic heterocycles. The van der Waals surface area contributed by atoms with Gasteiger partial charge in [0.05, 0.1) is 0 Å². The lowest BCUT2D eigenvalue weighted by Crippen LogP contribution is -1.79. The van der Waals surface area contributed by atoms with Gasteiger partial charge >= 0.3 is 0 Å². The molecule has 0 heterocycles. The van der Waals surface area contributed by atoms with Crippen molar-refractivity contribution in [2.45, 2.75) is 45.4 Å². The average Bonchev–Trinajstić information content (AvgIpc) is 2.03. The molecule has 0 saturated carbocycles. The topological polar surface area (TPSA) is 23.8 Å². The van der Waals surface area contributed by atoms with E-state index in [0.717, 1.165) is 12.8 Å². The summed E-state index contributed by atoms with van der Waals surface area (Å²) in [6.07, 6.45) is 6.94. The number of hydrogen-bond acceptors (Lipinski definition) is 0. The first kappa shape index (κ1) is 10.5. The number of nitrogens with one attached hydrogen (secondary N) is 1. The molecule has 0 bridgehead atoms. The minimum Gasteiger partial charge on any atom is -0.257 e. The summed E-state index contributed by atoms with van der Waals surface area (Å²) in [6, 6.07) is 0. The highest BCUT2D eigenvalue weighted by Gasteiger charge is 1.83. The Labute approximate surface area is 70.4 Å². The molecule has 11 heavy (non-hydrogen) atoms. The standard InChI is InChI=1S/C10H18N/c1-2-3-4-5-6-7-8-9-10-11/h11H,2-6,9-10H2,1H3. The van der Waals surface area contributed by atoms with Gasteiger partial charge in [0.25, 0.3) is 0 Å². The van der Waals surface area contributed by atoms with Crippen molar-refractivity contribution >= 4 is 0 Å². The molecule has 1 heteroatoms. The Balaban J connectivity index is 2.96. The van der Waals surface area contributed by atoms with Crippen LogP contribution in [0.1, 0.15) is 45.4 Å². The molecule has 1 nitrogen and oxygen atoms in total. The summed E-state index contributed by atoms with van der Waals surface area (Å²) in [5.41, 5.74) is 6.85.